The first kappa shape index (κ1) is 11.4. The monoisotopic (exact) mass is 241 g/mol. The first-order chi connectivity index (χ1) is 7.75. The molecular weight excluding hydrogens is 230 g/mol. The van der Waals surface area contributed by atoms with Crippen molar-refractivity contribution in [2.45, 2.75) is 6.42 Å². The maximum Gasteiger partial charge on any atom is 0.356 e. The summed E-state index contributed by atoms with van der Waals surface area (Å²) in [6.45, 7) is 1.79. The normalized spacial score (nSPS) is 19.7. The number of pyridine rings is 1. The third-order valence-corrected chi connectivity index (χ3v) is 2.64. The summed E-state index contributed by atoms with van der Waals surface area (Å²) < 4.78 is 10.3. The van der Waals surface area contributed by atoms with Crippen molar-refractivity contribution in [2.24, 2.45) is 5.92 Å². The molecule has 1 atom stereocenters. The lowest BCUT2D eigenvalue weighted by atomic mass is 10.1. The Morgan fingerprint density at radius 1 is 1.69 bits per heavy atom. The van der Waals surface area contributed by atoms with Gasteiger partial charge in [-0.25, -0.2) is 9.78 Å². The van der Waals surface area contributed by atoms with Crippen LogP contribution in [-0.2, 0) is 9.47 Å². The second kappa shape index (κ2) is 5.27. The third-order valence-electron chi connectivity index (χ3n) is 2.41. The zero-order chi connectivity index (χ0) is 11.4. The summed E-state index contributed by atoms with van der Waals surface area (Å²) in [4.78, 5) is 15.5. The Labute approximate surface area is 98.5 Å². The molecule has 2 heterocycles. The summed E-state index contributed by atoms with van der Waals surface area (Å²) in [5, 5.41) is 0.478. The van der Waals surface area contributed by atoms with Crippen molar-refractivity contribution < 1.29 is 14.3 Å². The number of halogens is 1. The average molecular weight is 242 g/mol. The summed E-state index contributed by atoms with van der Waals surface area (Å²) in [6.07, 6.45) is 2.42. The number of aromatic nitrogens is 1. The molecule has 1 unspecified atom stereocenters. The first-order valence-electron chi connectivity index (χ1n) is 5.12. The van der Waals surface area contributed by atoms with E-state index in [2.05, 4.69) is 4.98 Å². The highest BCUT2D eigenvalue weighted by Gasteiger charge is 2.18. The molecule has 2 rings (SSSR count). The molecule has 1 saturated heterocycles. The molecular formula is C11H12ClNO3. The second-order valence-electron chi connectivity index (χ2n) is 3.69. The van der Waals surface area contributed by atoms with Gasteiger partial charge in [-0.1, -0.05) is 11.6 Å². The lowest BCUT2D eigenvalue weighted by Gasteiger charge is -2.08. The number of ether oxygens (including phenoxy) is 2. The molecule has 1 aromatic rings. The van der Waals surface area contributed by atoms with E-state index in [0.29, 0.717) is 24.2 Å². The van der Waals surface area contributed by atoms with E-state index in [1.54, 1.807) is 6.07 Å². The number of nitrogens with zero attached hydrogens (tertiary/aromatic N) is 1. The van der Waals surface area contributed by atoms with Crippen molar-refractivity contribution in [3.05, 3.63) is 29.0 Å². The van der Waals surface area contributed by atoms with E-state index in [9.17, 15) is 4.79 Å². The summed E-state index contributed by atoms with van der Waals surface area (Å²) in [5.74, 6) is -0.127. The molecule has 0 aliphatic carbocycles. The van der Waals surface area contributed by atoms with E-state index >= 15 is 0 Å². The van der Waals surface area contributed by atoms with Crippen molar-refractivity contribution in [3.63, 3.8) is 0 Å². The highest BCUT2D eigenvalue weighted by Crippen LogP contribution is 2.14. The number of carbonyl (C=O) groups excluding carboxylic acids is 1. The largest absolute Gasteiger partial charge is 0.461 e. The molecule has 1 aliphatic rings. The van der Waals surface area contributed by atoms with Gasteiger partial charge in [0.05, 0.1) is 13.2 Å². The molecule has 0 bridgehead atoms. The van der Waals surface area contributed by atoms with Gasteiger partial charge >= 0.3 is 5.97 Å². The average Bonchev–Trinajstić information content (AvgIpc) is 2.78. The van der Waals surface area contributed by atoms with E-state index in [-0.39, 0.29) is 5.69 Å². The van der Waals surface area contributed by atoms with Crippen LogP contribution in [-0.4, -0.2) is 30.8 Å². The molecule has 5 heteroatoms. The second-order valence-corrected chi connectivity index (χ2v) is 4.12. The van der Waals surface area contributed by atoms with E-state index in [0.717, 1.165) is 13.0 Å². The molecule has 0 aromatic carbocycles. The van der Waals surface area contributed by atoms with Crippen LogP contribution in [0.5, 0.6) is 0 Å². The van der Waals surface area contributed by atoms with Gasteiger partial charge in [0.15, 0.2) is 0 Å². The zero-order valence-electron chi connectivity index (χ0n) is 8.69. The van der Waals surface area contributed by atoms with Gasteiger partial charge in [-0.3, -0.25) is 0 Å². The Bertz CT molecular complexity index is 377. The third kappa shape index (κ3) is 2.93. The Hall–Kier alpha value is -1.13. The van der Waals surface area contributed by atoms with E-state index in [4.69, 9.17) is 21.1 Å². The summed E-state index contributed by atoms with van der Waals surface area (Å²) >= 11 is 5.75. The molecule has 0 amide bonds. The molecule has 1 aliphatic heterocycles. The zero-order valence-corrected chi connectivity index (χ0v) is 9.44. The van der Waals surface area contributed by atoms with Crippen LogP contribution in [0.4, 0.5) is 0 Å². The van der Waals surface area contributed by atoms with E-state index < -0.39 is 5.97 Å². The topological polar surface area (TPSA) is 48.4 Å². The van der Waals surface area contributed by atoms with Crippen molar-refractivity contribution in [1.29, 1.82) is 0 Å². The fourth-order valence-corrected chi connectivity index (χ4v) is 1.66. The van der Waals surface area contributed by atoms with Crippen LogP contribution in [0.2, 0.25) is 5.02 Å². The first-order valence-corrected chi connectivity index (χ1v) is 5.50. The van der Waals surface area contributed by atoms with E-state index in [1.807, 2.05) is 0 Å². The van der Waals surface area contributed by atoms with Gasteiger partial charge in [0.1, 0.15) is 5.69 Å². The molecule has 0 spiro atoms. The Morgan fingerprint density at radius 2 is 2.56 bits per heavy atom. The Kier molecular flexibility index (Phi) is 3.74. The van der Waals surface area contributed by atoms with Crippen molar-refractivity contribution in [1.82, 2.24) is 4.98 Å². The molecule has 4 nitrogen and oxygen atoms in total. The predicted molar refractivity (Wildman–Crippen MR) is 58.5 cm³/mol. The number of hydrogen-bond donors (Lipinski definition) is 0. The van der Waals surface area contributed by atoms with Gasteiger partial charge in [-0.2, -0.15) is 0 Å². The minimum atomic E-state index is -0.436. The molecule has 1 aromatic heterocycles. The quantitative estimate of drug-likeness (QED) is 0.759. The predicted octanol–water partition coefficient (Wildman–Crippen LogP) is 1.93. The van der Waals surface area contributed by atoms with Gasteiger partial charge in [0.2, 0.25) is 0 Å². The minimum Gasteiger partial charge on any atom is -0.461 e. The van der Waals surface area contributed by atoms with Crippen molar-refractivity contribution in [2.75, 3.05) is 19.8 Å². The Balaban J connectivity index is 1.87. The lowest BCUT2D eigenvalue weighted by molar-refractivity contribution is 0.0421. The van der Waals surface area contributed by atoms with Crippen LogP contribution >= 0.6 is 11.6 Å². The SMILES string of the molecule is O=C(OCC1CCOC1)c1cc(Cl)ccn1. The number of rotatable bonds is 3. The lowest BCUT2D eigenvalue weighted by Crippen LogP contribution is -2.15. The highest BCUT2D eigenvalue weighted by atomic mass is 35.5. The van der Waals surface area contributed by atoms with Crippen LogP contribution in [0.1, 0.15) is 16.9 Å². The molecule has 0 saturated carbocycles. The molecule has 1 fully saturated rings. The smallest absolute Gasteiger partial charge is 0.356 e. The van der Waals surface area contributed by atoms with Gasteiger partial charge in [-0.15, -0.1) is 0 Å². The van der Waals surface area contributed by atoms with Gasteiger partial charge < -0.3 is 9.47 Å². The molecule has 16 heavy (non-hydrogen) atoms. The van der Waals surface area contributed by atoms with Gasteiger partial charge in [0, 0.05) is 23.7 Å². The van der Waals surface area contributed by atoms with Crippen LogP contribution in [0.25, 0.3) is 0 Å². The maximum atomic E-state index is 11.6. The fraction of sp³-hybridized carbons (Fsp3) is 0.455. The molecule has 0 radical (unpaired) electrons. The van der Waals surface area contributed by atoms with E-state index in [1.165, 1.54) is 12.3 Å². The molecule has 86 valence electrons. The standard InChI is InChI=1S/C11H12ClNO3/c12-9-1-3-13-10(5-9)11(14)16-7-8-2-4-15-6-8/h1,3,5,8H,2,4,6-7H2. The van der Waals surface area contributed by atoms with Gasteiger partial charge in [-0.05, 0) is 18.6 Å². The van der Waals surface area contributed by atoms with Crippen LogP contribution in [0, 0.1) is 5.92 Å². The number of hydrogen-bond acceptors (Lipinski definition) is 4. The number of carbonyl (C=O) groups is 1. The van der Waals surface area contributed by atoms with Crippen LogP contribution in [0.15, 0.2) is 18.3 Å². The number of esters is 1. The van der Waals surface area contributed by atoms with Crippen molar-refractivity contribution >= 4 is 17.6 Å². The van der Waals surface area contributed by atoms with Gasteiger partial charge in [0.25, 0.3) is 0 Å². The fourth-order valence-electron chi connectivity index (χ4n) is 1.50. The summed E-state index contributed by atoms with van der Waals surface area (Å²) in [6, 6.07) is 3.11. The van der Waals surface area contributed by atoms with Crippen molar-refractivity contribution in [3.8, 4) is 0 Å². The highest BCUT2D eigenvalue weighted by molar-refractivity contribution is 6.30. The Morgan fingerprint density at radius 3 is 3.25 bits per heavy atom. The van der Waals surface area contributed by atoms with Crippen LogP contribution in [0.3, 0.4) is 0 Å². The van der Waals surface area contributed by atoms with Crippen LogP contribution < -0.4 is 0 Å². The summed E-state index contributed by atoms with van der Waals surface area (Å²) in [5.41, 5.74) is 0.242. The summed E-state index contributed by atoms with van der Waals surface area (Å²) in [7, 11) is 0. The maximum absolute atomic E-state index is 11.6. The minimum absolute atomic E-state index is 0.242. The molecule has 0 N–H and O–H groups in total.